The third-order valence-electron chi connectivity index (χ3n) is 4.62. The van der Waals surface area contributed by atoms with Gasteiger partial charge in [0.2, 0.25) is 5.91 Å². The number of hydrogen-bond donors (Lipinski definition) is 0. The highest BCUT2D eigenvalue weighted by Crippen LogP contribution is 2.08. The molecule has 1 aromatic rings. The molecule has 1 aliphatic heterocycles. The SMILES string of the molecule is COC(=O)CCN(CCN1CCOCC1)C(=O)CCC(=O)c1ccccc1. The fourth-order valence-corrected chi connectivity index (χ4v) is 2.92. The molecule has 1 saturated heterocycles. The van der Waals surface area contributed by atoms with E-state index in [1.807, 2.05) is 6.07 Å². The lowest BCUT2D eigenvalue weighted by Gasteiger charge is -2.30. The van der Waals surface area contributed by atoms with Crippen LogP contribution in [0.4, 0.5) is 0 Å². The summed E-state index contributed by atoms with van der Waals surface area (Å²) >= 11 is 0. The molecule has 1 aromatic carbocycles. The average Bonchev–Trinajstić information content (AvgIpc) is 2.72. The lowest BCUT2D eigenvalue weighted by atomic mass is 10.1. The third-order valence-corrected chi connectivity index (χ3v) is 4.62. The molecule has 0 saturated carbocycles. The number of carbonyl (C=O) groups excluding carboxylic acids is 3. The van der Waals surface area contributed by atoms with Gasteiger partial charge in [-0.15, -0.1) is 0 Å². The Morgan fingerprint density at radius 3 is 2.41 bits per heavy atom. The van der Waals surface area contributed by atoms with E-state index in [1.165, 1.54) is 7.11 Å². The first-order valence-corrected chi connectivity index (χ1v) is 9.33. The number of Topliss-reactive ketones (excluding diaryl/α,β-unsaturated/α-hetero) is 1. The van der Waals surface area contributed by atoms with Gasteiger partial charge in [-0.25, -0.2) is 0 Å². The Balaban J connectivity index is 1.86. The van der Waals surface area contributed by atoms with Crippen LogP contribution >= 0.6 is 0 Å². The number of ether oxygens (including phenoxy) is 2. The van der Waals surface area contributed by atoms with Gasteiger partial charge in [-0.3, -0.25) is 19.3 Å². The van der Waals surface area contributed by atoms with Crippen molar-refractivity contribution in [2.75, 3.05) is 53.0 Å². The summed E-state index contributed by atoms with van der Waals surface area (Å²) in [7, 11) is 1.33. The second-order valence-electron chi connectivity index (χ2n) is 6.45. The number of morpholine rings is 1. The van der Waals surface area contributed by atoms with Crippen molar-refractivity contribution in [1.82, 2.24) is 9.80 Å². The van der Waals surface area contributed by atoms with E-state index in [9.17, 15) is 14.4 Å². The van der Waals surface area contributed by atoms with Crippen LogP contribution in [0.15, 0.2) is 30.3 Å². The van der Waals surface area contributed by atoms with E-state index in [1.54, 1.807) is 29.2 Å². The van der Waals surface area contributed by atoms with Crippen molar-refractivity contribution in [1.29, 1.82) is 0 Å². The predicted molar refractivity (Wildman–Crippen MR) is 100 cm³/mol. The van der Waals surface area contributed by atoms with Crippen LogP contribution in [0.5, 0.6) is 0 Å². The molecule has 0 unspecified atom stereocenters. The number of ketones is 1. The Bertz CT molecular complexity index is 614. The molecule has 7 nitrogen and oxygen atoms in total. The number of methoxy groups -OCH3 is 1. The van der Waals surface area contributed by atoms with Crippen LogP contribution in [0, 0.1) is 0 Å². The van der Waals surface area contributed by atoms with Crippen LogP contribution in [0.1, 0.15) is 29.6 Å². The minimum Gasteiger partial charge on any atom is -0.469 e. The third kappa shape index (κ3) is 7.48. The number of carbonyl (C=O) groups is 3. The maximum Gasteiger partial charge on any atom is 0.307 e. The number of rotatable bonds is 10. The van der Waals surface area contributed by atoms with Gasteiger partial charge >= 0.3 is 5.97 Å². The lowest BCUT2D eigenvalue weighted by molar-refractivity contribution is -0.141. The first kappa shape index (κ1) is 21.1. The van der Waals surface area contributed by atoms with E-state index in [4.69, 9.17) is 4.74 Å². The van der Waals surface area contributed by atoms with Crippen molar-refractivity contribution >= 4 is 17.7 Å². The van der Waals surface area contributed by atoms with Gasteiger partial charge in [0, 0.05) is 51.1 Å². The molecule has 0 aliphatic carbocycles. The van der Waals surface area contributed by atoms with E-state index in [2.05, 4.69) is 9.64 Å². The Morgan fingerprint density at radius 1 is 1.04 bits per heavy atom. The zero-order valence-corrected chi connectivity index (χ0v) is 15.9. The minimum atomic E-state index is -0.348. The van der Waals surface area contributed by atoms with E-state index in [0.717, 1.165) is 19.6 Å². The summed E-state index contributed by atoms with van der Waals surface area (Å²) in [6.45, 7) is 4.62. The second-order valence-corrected chi connectivity index (χ2v) is 6.45. The van der Waals surface area contributed by atoms with Gasteiger partial charge in [-0.05, 0) is 0 Å². The van der Waals surface area contributed by atoms with Gasteiger partial charge in [0.15, 0.2) is 5.78 Å². The molecule has 0 spiro atoms. The molecule has 148 valence electrons. The molecule has 2 rings (SSSR count). The summed E-state index contributed by atoms with van der Waals surface area (Å²) in [5.74, 6) is -0.513. The summed E-state index contributed by atoms with van der Waals surface area (Å²) < 4.78 is 10.0. The highest BCUT2D eigenvalue weighted by molar-refractivity contribution is 5.97. The van der Waals surface area contributed by atoms with Crippen LogP contribution in [-0.4, -0.2) is 80.5 Å². The molecule has 1 amide bonds. The number of amides is 1. The first-order chi connectivity index (χ1) is 13.1. The summed E-state index contributed by atoms with van der Waals surface area (Å²) in [6.07, 6.45) is 0.450. The standard InChI is InChI=1S/C20H28N2O5/c1-26-20(25)9-10-22(12-11-21-13-15-27-16-14-21)19(24)8-7-18(23)17-5-3-2-4-6-17/h2-6H,7-16H2,1H3. The molecular formula is C20H28N2O5. The van der Waals surface area contributed by atoms with E-state index in [0.29, 0.717) is 31.9 Å². The molecule has 0 aromatic heterocycles. The molecule has 27 heavy (non-hydrogen) atoms. The Kier molecular flexibility index (Phi) is 8.94. The maximum absolute atomic E-state index is 12.6. The van der Waals surface area contributed by atoms with E-state index in [-0.39, 0.29) is 36.9 Å². The normalized spacial score (nSPS) is 14.6. The van der Waals surface area contributed by atoms with Gasteiger partial charge < -0.3 is 14.4 Å². The zero-order valence-electron chi connectivity index (χ0n) is 15.9. The Morgan fingerprint density at radius 2 is 1.74 bits per heavy atom. The van der Waals surface area contributed by atoms with Crippen LogP contribution in [-0.2, 0) is 19.1 Å². The van der Waals surface area contributed by atoms with E-state index < -0.39 is 0 Å². The molecule has 7 heteroatoms. The summed E-state index contributed by atoms with van der Waals surface area (Å²) in [4.78, 5) is 40.2. The van der Waals surface area contributed by atoms with Crippen LogP contribution < -0.4 is 0 Å². The van der Waals surface area contributed by atoms with Gasteiger partial charge in [-0.1, -0.05) is 30.3 Å². The summed E-state index contributed by atoms with van der Waals surface area (Å²) in [6, 6.07) is 8.96. The van der Waals surface area contributed by atoms with E-state index >= 15 is 0 Å². The van der Waals surface area contributed by atoms with Crippen LogP contribution in [0.2, 0.25) is 0 Å². The maximum atomic E-state index is 12.6. The number of nitrogens with zero attached hydrogens (tertiary/aromatic N) is 2. The largest absolute Gasteiger partial charge is 0.469 e. The highest BCUT2D eigenvalue weighted by atomic mass is 16.5. The zero-order chi connectivity index (χ0) is 19.5. The molecule has 0 radical (unpaired) electrons. The number of esters is 1. The van der Waals surface area contributed by atoms with Gasteiger partial charge in [0.1, 0.15) is 0 Å². The minimum absolute atomic E-state index is 0.0509. The van der Waals surface area contributed by atoms with Crippen molar-refractivity contribution in [2.45, 2.75) is 19.3 Å². The van der Waals surface area contributed by atoms with Gasteiger partial charge in [-0.2, -0.15) is 0 Å². The number of benzene rings is 1. The molecule has 0 bridgehead atoms. The Hall–Kier alpha value is -2.25. The summed E-state index contributed by atoms with van der Waals surface area (Å²) in [5.41, 5.74) is 0.611. The van der Waals surface area contributed by atoms with Crippen molar-refractivity contribution in [3.63, 3.8) is 0 Å². The van der Waals surface area contributed by atoms with Crippen molar-refractivity contribution in [3.8, 4) is 0 Å². The van der Waals surface area contributed by atoms with Crippen LogP contribution in [0.25, 0.3) is 0 Å². The quantitative estimate of drug-likeness (QED) is 0.454. The fraction of sp³-hybridized carbons (Fsp3) is 0.550. The van der Waals surface area contributed by atoms with Crippen molar-refractivity contribution < 1.29 is 23.9 Å². The molecule has 1 aliphatic rings. The number of hydrogen-bond acceptors (Lipinski definition) is 6. The Labute approximate surface area is 160 Å². The van der Waals surface area contributed by atoms with Crippen molar-refractivity contribution in [3.05, 3.63) is 35.9 Å². The lowest BCUT2D eigenvalue weighted by Crippen LogP contribution is -2.43. The molecule has 0 N–H and O–H groups in total. The topological polar surface area (TPSA) is 76.2 Å². The molecule has 1 heterocycles. The first-order valence-electron chi connectivity index (χ1n) is 9.33. The van der Waals surface area contributed by atoms with Crippen LogP contribution in [0.3, 0.4) is 0 Å². The molecule has 0 atom stereocenters. The molecule has 1 fully saturated rings. The molecular weight excluding hydrogens is 348 g/mol. The highest BCUT2D eigenvalue weighted by Gasteiger charge is 2.19. The average molecular weight is 376 g/mol. The predicted octanol–water partition coefficient (Wildman–Crippen LogP) is 1.37. The monoisotopic (exact) mass is 376 g/mol. The van der Waals surface area contributed by atoms with Crippen molar-refractivity contribution in [2.24, 2.45) is 0 Å². The smallest absolute Gasteiger partial charge is 0.307 e. The van der Waals surface area contributed by atoms with Gasteiger partial charge in [0.05, 0.1) is 26.7 Å². The van der Waals surface area contributed by atoms with Gasteiger partial charge in [0.25, 0.3) is 0 Å². The fourth-order valence-electron chi connectivity index (χ4n) is 2.92. The second kappa shape index (κ2) is 11.5. The summed E-state index contributed by atoms with van der Waals surface area (Å²) in [5, 5.41) is 0.